The molecule has 246 valence electrons. The van der Waals surface area contributed by atoms with Crippen molar-refractivity contribution in [3.8, 4) is 11.8 Å². The van der Waals surface area contributed by atoms with Crippen molar-refractivity contribution in [2.75, 3.05) is 68.6 Å². The van der Waals surface area contributed by atoms with Crippen LogP contribution >= 0.6 is 0 Å². The predicted molar refractivity (Wildman–Crippen MR) is 192 cm³/mol. The summed E-state index contributed by atoms with van der Waals surface area (Å²) in [4.78, 5) is 39.5. The van der Waals surface area contributed by atoms with Gasteiger partial charge in [-0.2, -0.15) is 4.98 Å². The Labute approximate surface area is 281 Å². The zero-order chi connectivity index (χ0) is 33.0. The van der Waals surface area contributed by atoms with Gasteiger partial charge >= 0.3 is 0 Å². The quantitative estimate of drug-likeness (QED) is 0.293. The molecule has 0 aliphatic carbocycles. The van der Waals surface area contributed by atoms with Gasteiger partial charge in [0, 0.05) is 92.0 Å². The van der Waals surface area contributed by atoms with Gasteiger partial charge in [-0.3, -0.25) is 19.3 Å². The Balaban J connectivity index is 1.22. The van der Waals surface area contributed by atoms with Crippen LogP contribution in [0.5, 0.6) is 0 Å². The molecule has 3 aliphatic heterocycles. The van der Waals surface area contributed by atoms with E-state index in [1.807, 2.05) is 37.5 Å². The van der Waals surface area contributed by atoms with Gasteiger partial charge in [-0.1, -0.05) is 5.92 Å². The number of nitrogens with one attached hydrogen (secondary N) is 1. The average molecular weight is 644 g/mol. The van der Waals surface area contributed by atoms with Crippen LogP contribution in [0.25, 0.3) is 11.0 Å². The first-order chi connectivity index (χ1) is 23.4. The summed E-state index contributed by atoms with van der Waals surface area (Å²) in [7, 11) is 4.36. The van der Waals surface area contributed by atoms with Crippen LogP contribution in [0.4, 0.5) is 23.0 Å². The first kappa shape index (κ1) is 31.5. The van der Waals surface area contributed by atoms with Crippen LogP contribution < -0.4 is 20.7 Å². The molecule has 1 atom stereocenters. The molecule has 11 nitrogen and oxygen atoms in total. The van der Waals surface area contributed by atoms with Crippen LogP contribution in [0.2, 0.25) is 0 Å². The van der Waals surface area contributed by atoms with E-state index >= 15 is 0 Å². The average Bonchev–Trinajstić information content (AvgIpc) is 3.53. The summed E-state index contributed by atoms with van der Waals surface area (Å²) < 4.78 is 7.28. The Morgan fingerprint density at radius 3 is 2.69 bits per heavy atom. The molecule has 48 heavy (non-hydrogen) atoms. The molecule has 2 fully saturated rings. The molecule has 0 radical (unpaired) electrons. The highest BCUT2D eigenvalue weighted by atomic mass is 16.5. The van der Waals surface area contributed by atoms with Crippen molar-refractivity contribution < 1.29 is 4.74 Å². The smallest absolute Gasteiger partial charge is 0.268 e. The van der Waals surface area contributed by atoms with Crippen molar-refractivity contribution in [1.82, 2.24) is 24.4 Å². The van der Waals surface area contributed by atoms with Gasteiger partial charge in [0.2, 0.25) is 5.95 Å². The number of anilines is 4. The Hall–Kier alpha value is -5.05. The number of benzene rings is 1. The van der Waals surface area contributed by atoms with E-state index in [4.69, 9.17) is 9.72 Å². The Morgan fingerprint density at radius 2 is 1.92 bits per heavy atom. The van der Waals surface area contributed by atoms with Crippen molar-refractivity contribution in [2.24, 2.45) is 4.99 Å². The SMILES string of the molecule is CC1=C(C#Cc2cc3cnc(Nc4ccc(N(C)C5CCCN(C)C5)cc4)nc3n(Cc3cnccc3N3CCOCC3)c2=O)N=CC1. The molecular formula is C37H41N9O2. The lowest BCUT2D eigenvalue weighted by molar-refractivity contribution is 0.122. The zero-order valence-corrected chi connectivity index (χ0v) is 27.8. The van der Waals surface area contributed by atoms with Gasteiger partial charge in [-0.25, -0.2) is 4.98 Å². The van der Waals surface area contributed by atoms with Crippen LogP contribution in [-0.4, -0.2) is 90.2 Å². The molecule has 0 saturated carbocycles. The number of fused-ring (bicyclic) bond motifs is 1. The second-order valence-corrected chi connectivity index (χ2v) is 12.8. The molecule has 0 bridgehead atoms. The van der Waals surface area contributed by atoms with E-state index in [0.717, 1.165) is 60.5 Å². The fourth-order valence-corrected chi connectivity index (χ4v) is 6.60. The summed E-state index contributed by atoms with van der Waals surface area (Å²) >= 11 is 0. The lowest BCUT2D eigenvalue weighted by Gasteiger charge is -2.37. The van der Waals surface area contributed by atoms with E-state index in [-0.39, 0.29) is 12.1 Å². The Morgan fingerprint density at radius 1 is 1.08 bits per heavy atom. The van der Waals surface area contributed by atoms with Crippen LogP contribution in [-0.2, 0) is 11.3 Å². The molecule has 6 heterocycles. The van der Waals surface area contributed by atoms with E-state index < -0.39 is 0 Å². The summed E-state index contributed by atoms with van der Waals surface area (Å²) in [5, 5.41) is 4.07. The molecule has 1 unspecified atom stereocenters. The van der Waals surface area contributed by atoms with Gasteiger partial charge in [-0.15, -0.1) is 0 Å². The topological polar surface area (TPSA) is 104 Å². The van der Waals surface area contributed by atoms with Crippen molar-refractivity contribution in [3.05, 3.63) is 87.7 Å². The number of morpholine rings is 1. The third kappa shape index (κ3) is 6.81. The highest BCUT2D eigenvalue weighted by Gasteiger charge is 2.22. The number of likely N-dealkylation sites (N-methyl/N-ethyl adjacent to an activating group) is 2. The van der Waals surface area contributed by atoms with E-state index in [0.29, 0.717) is 42.1 Å². The maximum atomic E-state index is 14.1. The molecule has 1 N–H and O–H groups in total. The van der Waals surface area contributed by atoms with Crippen molar-refractivity contribution >= 4 is 40.3 Å². The second kappa shape index (κ2) is 14.0. The van der Waals surface area contributed by atoms with Gasteiger partial charge in [0.05, 0.1) is 25.3 Å². The number of aromatic nitrogens is 4. The number of hydrogen-bond donors (Lipinski definition) is 1. The highest BCUT2D eigenvalue weighted by Crippen LogP contribution is 2.26. The third-order valence-electron chi connectivity index (χ3n) is 9.40. The van der Waals surface area contributed by atoms with Crippen molar-refractivity contribution in [1.29, 1.82) is 0 Å². The number of aliphatic imine (C=N–C) groups is 1. The standard InChI is InChI=1S/C37H41N9O2/c1-26-12-15-39-33(26)11-6-27-21-28-23-40-37(41-30-7-9-31(10-8-30)44(3)32-5-4-16-43(2)25-32)42-35(28)46(36(27)47)24-29-22-38-14-13-34(29)45-17-19-48-20-18-45/h7-10,13-15,21-23,32H,4-5,12,16-20,24-25H2,1-3H3,(H,40,41,42). The fraction of sp³-hybridized carbons (Fsp3) is 0.378. The molecule has 2 saturated heterocycles. The number of allylic oxidation sites excluding steroid dienone is 2. The predicted octanol–water partition coefficient (Wildman–Crippen LogP) is 4.45. The molecule has 3 aromatic heterocycles. The molecule has 1 aromatic carbocycles. The number of piperidine rings is 1. The maximum absolute atomic E-state index is 14.1. The van der Waals surface area contributed by atoms with Crippen LogP contribution in [0.1, 0.15) is 37.3 Å². The molecule has 4 aromatic rings. The molecular weight excluding hydrogens is 602 g/mol. The first-order valence-electron chi connectivity index (χ1n) is 16.6. The van der Waals surface area contributed by atoms with Gasteiger partial charge in [0.1, 0.15) is 11.3 Å². The second-order valence-electron chi connectivity index (χ2n) is 12.8. The van der Waals surface area contributed by atoms with Crippen LogP contribution in [0.15, 0.2) is 76.0 Å². The number of nitrogens with zero attached hydrogens (tertiary/aromatic N) is 8. The minimum absolute atomic E-state index is 0.225. The number of pyridine rings is 2. The van der Waals surface area contributed by atoms with E-state index in [1.54, 1.807) is 23.0 Å². The number of hydrogen-bond acceptors (Lipinski definition) is 10. The van der Waals surface area contributed by atoms with Crippen LogP contribution in [0.3, 0.4) is 0 Å². The molecule has 3 aliphatic rings. The van der Waals surface area contributed by atoms with Crippen LogP contribution in [0, 0.1) is 11.8 Å². The molecule has 11 heteroatoms. The van der Waals surface area contributed by atoms with Gasteiger partial charge in [0.25, 0.3) is 5.56 Å². The first-order valence-corrected chi connectivity index (χ1v) is 16.6. The summed E-state index contributed by atoms with van der Waals surface area (Å²) in [6, 6.07) is 12.6. The third-order valence-corrected chi connectivity index (χ3v) is 9.40. The fourth-order valence-electron chi connectivity index (χ4n) is 6.60. The van der Waals surface area contributed by atoms with Gasteiger partial charge < -0.3 is 24.8 Å². The van der Waals surface area contributed by atoms with E-state index in [9.17, 15) is 4.79 Å². The Kier molecular flexibility index (Phi) is 9.18. The number of rotatable bonds is 7. The maximum Gasteiger partial charge on any atom is 0.268 e. The number of likely N-dealkylation sites (tertiary alicyclic amines) is 1. The largest absolute Gasteiger partial charge is 0.378 e. The summed E-state index contributed by atoms with van der Waals surface area (Å²) in [5.41, 5.74) is 6.46. The summed E-state index contributed by atoms with van der Waals surface area (Å²) in [6.07, 6.45) is 10.4. The van der Waals surface area contributed by atoms with Gasteiger partial charge in [-0.05, 0) is 81.2 Å². The van der Waals surface area contributed by atoms with Crippen molar-refractivity contribution in [3.63, 3.8) is 0 Å². The summed E-state index contributed by atoms with van der Waals surface area (Å²) in [6.45, 7) is 7.37. The van der Waals surface area contributed by atoms with E-state index in [2.05, 4.69) is 73.0 Å². The zero-order valence-electron chi connectivity index (χ0n) is 27.8. The minimum Gasteiger partial charge on any atom is -0.378 e. The number of ether oxygens (including phenoxy) is 1. The lowest BCUT2D eigenvalue weighted by Crippen LogP contribution is -2.45. The van der Waals surface area contributed by atoms with E-state index in [1.165, 1.54) is 18.5 Å². The Bertz CT molecular complexity index is 1980. The molecule has 0 amide bonds. The lowest BCUT2D eigenvalue weighted by atomic mass is 10.0. The molecule has 7 rings (SSSR count). The highest BCUT2D eigenvalue weighted by molar-refractivity contribution is 5.78. The normalized spacial score (nSPS) is 18.2. The monoisotopic (exact) mass is 643 g/mol. The molecule has 0 spiro atoms. The van der Waals surface area contributed by atoms with Gasteiger partial charge in [0.15, 0.2) is 0 Å². The van der Waals surface area contributed by atoms with Crippen molar-refractivity contribution in [2.45, 2.75) is 38.8 Å². The summed E-state index contributed by atoms with van der Waals surface area (Å²) in [5.74, 6) is 6.62. The minimum atomic E-state index is -0.225.